The summed E-state index contributed by atoms with van der Waals surface area (Å²) in [5.41, 5.74) is -0.368. The maximum atomic E-state index is 13.5. The highest BCUT2D eigenvalue weighted by atomic mass is 32.2. The molecule has 0 aliphatic heterocycles. The Morgan fingerprint density at radius 1 is 1.25 bits per heavy atom. The van der Waals surface area contributed by atoms with E-state index in [1.165, 1.54) is 18.2 Å². The fourth-order valence-corrected chi connectivity index (χ4v) is 2.83. The zero-order valence-corrected chi connectivity index (χ0v) is 12.2. The quantitative estimate of drug-likeness (QED) is 0.870. The van der Waals surface area contributed by atoms with Crippen molar-refractivity contribution < 1.29 is 17.3 Å². The van der Waals surface area contributed by atoms with Crippen LogP contribution in [-0.4, -0.2) is 18.6 Å². The highest BCUT2D eigenvalue weighted by Gasteiger charge is 2.26. The van der Waals surface area contributed by atoms with E-state index in [0.717, 1.165) is 6.07 Å². The summed E-state index contributed by atoms with van der Waals surface area (Å²) in [7, 11) is -3.84. The second-order valence-corrected chi connectivity index (χ2v) is 7.41. The van der Waals surface area contributed by atoms with Crippen LogP contribution in [0.3, 0.4) is 0 Å². The maximum Gasteiger partial charge on any atom is 0.232 e. The lowest BCUT2D eigenvalue weighted by molar-refractivity contribution is 0.319. The van der Waals surface area contributed by atoms with Gasteiger partial charge in [0.05, 0.1) is 0 Å². The number of nitrogens with zero attached hydrogens (tertiary/aromatic N) is 2. The molecule has 0 amide bonds. The topological polar surface area (TPSA) is 73.1 Å². The molecule has 1 aromatic heterocycles. The highest BCUT2D eigenvalue weighted by Crippen LogP contribution is 2.22. The average Bonchev–Trinajstić information content (AvgIpc) is 2.76. The molecule has 0 unspecified atom stereocenters. The van der Waals surface area contributed by atoms with Gasteiger partial charge in [-0.25, -0.2) is 12.8 Å². The van der Waals surface area contributed by atoms with Crippen LogP contribution in [0.15, 0.2) is 33.7 Å². The molecule has 0 fully saturated rings. The maximum absolute atomic E-state index is 13.5. The first kappa shape index (κ1) is 14.6. The van der Waals surface area contributed by atoms with E-state index in [9.17, 15) is 12.8 Å². The second kappa shape index (κ2) is 4.97. The molecule has 108 valence electrons. The van der Waals surface area contributed by atoms with Crippen LogP contribution in [0.25, 0.3) is 0 Å². The predicted octanol–water partition coefficient (Wildman–Crippen LogP) is 2.48. The lowest BCUT2D eigenvalue weighted by Gasteiger charge is -2.10. The van der Waals surface area contributed by atoms with Gasteiger partial charge in [-0.1, -0.05) is 38.1 Å². The number of hydrogen-bond donors (Lipinski definition) is 0. The molecule has 1 aromatic carbocycles. The third-order valence-corrected chi connectivity index (χ3v) is 4.24. The van der Waals surface area contributed by atoms with Crippen LogP contribution < -0.4 is 0 Å². The van der Waals surface area contributed by atoms with Gasteiger partial charge in [0.1, 0.15) is 16.5 Å². The standard InChI is InChI=1S/C13H15FN2O3S/c1-13(2,3)12-15-11(16-19-12)8-20(17,18)10-7-5-4-6-9(10)14/h4-7H,8H2,1-3H3. The summed E-state index contributed by atoms with van der Waals surface area (Å²) >= 11 is 0. The summed E-state index contributed by atoms with van der Waals surface area (Å²) in [4.78, 5) is 3.68. The van der Waals surface area contributed by atoms with E-state index in [4.69, 9.17) is 4.52 Å². The van der Waals surface area contributed by atoms with E-state index in [-0.39, 0.29) is 16.1 Å². The molecule has 0 aliphatic carbocycles. The average molecular weight is 298 g/mol. The Morgan fingerprint density at radius 3 is 2.45 bits per heavy atom. The summed E-state index contributed by atoms with van der Waals surface area (Å²) in [5, 5.41) is 3.64. The minimum absolute atomic E-state index is 0.0261. The largest absolute Gasteiger partial charge is 0.339 e. The van der Waals surface area contributed by atoms with Crippen LogP contribution in [0, 0.1) is 5.82 Å². The van der Waals surface area contributed by atoms with Crippen LogP contribution in [0.1, 0.15) is 32.5 Å². The van der Waals surface area contributed by atoms with Gasteiger partial charge in [0, 0.05) is 5.41 Å². The van der Waals surface area contributed by atoms with Gasteiger partial charge < -0.3 is 4.52 Å². The van der Waals surface area contributed by atoms with Gasteiger partial charge >= 0.3 is 0 Å². The Kier molecular flexibility index (Phi) is 3.64. The van der Waals surface area contributed by atoms with Crippen molar-refractivity contribution in [2.45, 2.75) is 36.8 Å². The van der Waals surface area contributed by atoms with Crippen molar-refractivity contribution in [1.82, 2.24) is 10.1 Å². The molecule has 0 aliphatic rings. The van der Waals surface area contributed by atoms with Crippen molar-refractivity contribution in [1.29, 1.82) is 0 Å². The summed E-state index contributed by atoms with van der Waals surface area (Å²) in [5.74, 6) is -0.908. The number of rotatable bonds is 3. The van der Waals surface area contributed by atoms with Crippen molar-refractivity contribution in [2.75, 3.05) is 0 Å². The Hall–Kier alpha value is -1.76. The first-order valence-corrected chi connectivity index (χ1v) is 7.66. The summed E-state index contributed by atoms with van der Waals surface area (Å²) in [6.45, 7) is 5.61. The van der Waals surface area contributed by atoms with Crippen LogP contribution in [0.2, 0.25) is 0 Å². The normalized spacial score (nSPS) is 12.6. The Morgan fingerprint density at radius 2 is 1.90 bits per heavy atom. The van der Waals surface area contributed by atoms with Gasteiger partial charge in [0.15, 0.2) is 15.7 Å². The third kappa shape index (κ3) is 3.04. The van der Waals surface area contributed by atoms with Crippen LogP contribution in [0.5, 0.6) is 0 Å². The minimum atomic E-state index is -3.84. The monoisotopic (exact) mass is 298 g/mol. The van der Waals surface area contributed by atoms with E-state index in [0.29, 0.717) is 5.89 Å². The number of benzene rings is 1. The molecule has 20 heavy (non-hydrogen) atoms. The van der Waals surface area contributed by atoms with Crippen LogP contribution in [-0.2, 0) is 21.0 Å². The molecule has 0 saturated heterocycles. The molecule has 2 rings (SSSR count). The minimum Gasteiger partial charge on any atom is -0.339 e. The third-order valence-electron chi connectivity index (χ3n) is 2.60. The first-order chi connectivity index (χ1) is 9.20. The number of hydrogen-bond acceptors (Lipinski definition) is 5. The van der Waals surface area contributed by atoms with Crippen molar-refractivity contribution in [3.8, 4) is 0 Å². The molecular formula is C13H15FN2O3S. The smallest absolute Gasteiger partial charge is 0.232 e. The van der Waals surface area contributed by atoms with Gasteiger partial charge in [-0.15, -0.1) is 0 Å². The van der Waals surface area contributed by atoms with E-state index >= 15 is 0 Å². The zero-order chi connectivity index (χ0) is 15.0. The molecule has 5 nitrogen and oxygen atoms in total. The summed E-state index contributed by atoms with van der Waals surface area (Å²) < 4.78 is 42.8. The van der Waals surface area contributed by atoms with Crippen LogP contribution >= 0.6 is 0 Å². The fraction of sp³-hybridized carbons (Fsp3) is 0.385. The molecule has 0 N–H and O–H groups in total. The number of halogens is 1. The molecular weight excluding hydrogens is 283 g/mol. The highest BCUT2D eigenvalue weighted by molar-refractivity contribution is 7.90. The molecule has 0 bridgehead atoms. The number of sulfone groups is 1. The van der Waals surface area contributed by atoms with Crippen LogP contribution in [0.4, 0.5) is 4.39 Å². The van der Waals surface area contributed by atoms with Gasteiger partial charge in [-0.05, 0) is 12.1 Å². The molecule has 0 saturated carbocycles. The molecule has 2 aromatic rings. The van der Waals surface area contributed by atoms with Crippen molar-refractivity contribution in [3.63, 3.8) is 0 Å². The van der Waals surface area contributed by atoms with Crippen molar-refractivity contribution >= 4 is 9.84 Å². The first-order valence-electron chi connectivity index (χ1n) is 6.00. The van der Waals surface area contributed by atoms with Gasteiger partial charge in [-0.3, -0.25) is 0 Å². The molecule has 0 radical (unpaired) electrons. The lowest BCUT2D eigenvalue weighted by atomic mass is 9.97. The predicted molar refractivity (Wildman–Crippen MR) is 70.3 cm³/mol. The van der Waals surface area contributed by atoms with Crippen molar-refractivity contribution in [2.24, 2.45) is 0 Å². The van der Waals surface area contributed by atoms with Gasteiger partial charge in [0.25, 0.3) is 0 Å². The van der Waals surface area contributed by atoms with E-state index < -0.39 is 21.4 Å². The van der Waals surface area contributed by atoms with E-state index in [1.54, 1.807) is 0 Å². The SMILES string of the molecule is CC(C)(C)c1nc(CS(=O)(=O)c2ccccc2F)no1. The van der Waals surface area contributed by atoms with Gasteiger partial charge in [0.2, 0.25) is 5.89 Å². The Balaban J connectivity index is 2.30. The Bertz CT molecular complexity index is 717. The zero-order valence-electron chi connectivity index (χ0n) is 11.4. The summed E-state index contributed by atoms with van der Waals surface area (Å²) in [6, 6.07) is 5.21. The van der Waals surface area contributed by atoms with E-state index in [1.807, 2.05) is 20.8 Å². The summed E-state index contributed by atoms with van der Waals surface area (Å²) in [6.07, 6.45) is 0. The second-order valence-electron chi connectivity index (χ2n) is 5.46. The van der Waals surface area contributed by atoms with Gasteiger partial charge in [-0.2, -0.15) is 4.98 Å². The fourth-order valence-electron chi connectivity index (χ4n) is 1.56. The molecule has 0 spiro atoms. The van der Waals surface area contributed by atoms with Crippen molar-refractivity contribution in [3.05, 3.63) is 41.8 Å². The number of aromatic nitrogens is 2. The molecule has 1 heterocycles. The lowest BCUT2D eigenvalue weighted by Crippen LogP contribution is -2.12. The molecule has 7 heteroatoms. The molecule has 0 atom stereocenters. The Labute approximate surface area is 116 Å². The van der Waals surface area contributed by atoms with E-state index in [2.05, 4.69) is 10.1 Å².